The highest BCUT2D eigenvalue weighted by Crippen LogP contribution is 2.25. The van der Waals surface area contributed by atoms with Crippen molar-refractivity contribution in [1.82, 2.24) is 19.2 Å². The monoisotopic (exact) mass is 298 g/mol. The number of carbonyl (C=O) groups is 1. The molecule has 0 unspecified atom stereocenters. The number of aromatic nitrogens is 4. The van der Waals surface area contributed by atoms with Crippen molar-refractivity contribution in [2.45, 2.75) is 36.9 Å². The highest BCUT2D eigenvalue weighted by Gasteiger charge is 2.19. The number of carboxylic acid groups (broad SMARTS) is 1. The zero-order valence-corrected chi connectivity index (χ0v) is 12.5. The van der Waals surface area contributed by atoms with Gasteiger partial charge in [-0.3, -0.25) is 4.79 Å². The summed E-state index contributed by atoms with van der Waals surface area (Å²) in [4.78, 5) is 19.1. The Morgan fingerprint density at radius 1 is 1.53 bits per heavy atom. The average Bonchev–Trinajstić information content (AvgIpc) is 2.86. The van der Waals surface area contributed by atoms with Gasteiger partial charge in [0.25, 0.3) is 0 Å². The predicted molar refractivity (Wildman–Crippen MR) is 73.4 cm³/mol. The fourth-order valence-corrected chi connectivity index (χ4v) is 2.90. The molecule has 0 bridgehead atoms. The van der Waals surface area contributed by atoms with E-state index in [-0.39, 0.29) is 11.8 Å². The molecule has 0 fully saturated rings. The molecule has 19 heavy (non-hydrogen) atoms. The number of thiazole rings is 1. The first-order valence-corrected chi connectivity index (χ1v) is 7.26. The molecule has 0 aliphatic rings. The minimum Gasteiger partial charge on any atom is -0.481 e. The van der Waals surface area contributed by atoms with Gasteiger partial charge in [-0.1, -0.05) is 20.8 Å². The minimum absolute atomic E-state index is 0.0539. The van der Waals surface area contributed by atoms with E-state index in [4.69, 9.17) is 5.11 Å². The smallest absolute Gasteiger partial charge is 0.309 e. The molecule has 2 aromatic heterocycles. The molecule has 2 heterocycles. The van der Waals surface area contributed by atoms with Crippen molar-refractivity contribution >= 4 is 29.3 Å². The number of hydrogen-bond donors (Lipinski definition) is 1. The lowest BCUT2D eigenvalue weighted by molar-refractivity contribution is -0.136. The van der Waals surface area contributed by atoms with Gasteiger partial charge < -0.3 is 5.11 Å². The molecule has 0 amide bonds. The average molecular weight is 298 g/mol. The van der Waals surface area contributed by atoms with Gasteiger partial charge in [-0.05, 0) is 0 Å². The zero-order chi connectivity index (χ0) is 14.0. The third-order valence-electron chi connectivity index (χ3n) is 2.18. The van der Waals surface area contributed by atoms with E-state index in [9.17, 15) is 4.79 Å². The summed E-state index contributed by atoms with van der Waals surface area (Å²) in [6.45, 7) is 6.14. The van der Waals surface area contributed by atoms with Crippen molar-refractivity contribution in [2.75, 3.05) is 0 Å². The lowest BCUT2D eigenvalue weighted by atomic mass is 9.96. The van der Waals surface area contributed by atoms with Crippen LogP contribution in [0.5, 0.6) is 0 Å². The molecular weight excluding hydrogens is 284 g/mol. The number of hydrogen-bond acceptors (Lipinski definition) is 6. The lowest BCUT2D eigenvalue weighted by Crippen LogP contribution is -2.13. The minimum atomic E-state index is -0.877. The Bertz CT molecular complexity index is 586. The molecule has 1 N–H and O–H groups in total. The molecule has 0 spiro atoms. The van der Waals surface area contributed by atoms with Crippen LogP contribution in [-0.2, 0) is 16.6 Å². The van der Waals surface area contributed by atoms with Crippen LogP contribution in [0.2, 0.25) is 0 Å². The van der Waals surface area contributed by atoms with E-state index in [0.717, 1.165) is 10.2 Å². The predicted octanol–water partition coefficient (Wildman–Crippen LogP) is 2.21. The van der Waals surface area contributed by atoms with E-state index < -0.39 is 5.97 Å². The summed E-state index contributed by atoms with van der Waals surface area (Å²) in [5.74, 6) is -0.111. The number of aliphatic carboxylic acids is 1. The molecule has 0 saturated carbocycles. The summed E-state index contributed by atoms with van der Waals surface area (Å²) in [6, 6.07) is 0. The third kappa shape index (κ3) is 3.77. The number of nitrogens with zero attached hydrogens (tertiary/aromatic N) is 4. The van der Waals surface area contributed by atoms with Crippen molar-refractivity contribution in [1.29, 1.82) is 0 Å². The summed E-state index contributed by atoms with van der Waals surface area (Å²) in [5.41, 5.74) is 0.472. The van der Waals surface area contributed by atoms with Crippen LogP contribution in [0.1, 0.15) is 32.3 Å². The van der Waals surface area contributed by atoms with Gasteiger partial charge in [-0.15, -0.1) is 16.4 Å². The van der Waals surface area contributed by atoms with Crippen LogP contribution in [0.3, 0.4) is 0 Å². The Hall–Kier alpha value is -1.41. The van der Waals surface area contributed by atoms with Crippen LogP contribution in [0, 0.1) is 0 Å². The maximum absolute atomic E-state index is 10.6. The van der Waals surface area contributed by atoms with Crippen LogP contribution in [0.4, 0.5) is 0 Å². The first kappa shape index (κ1) is 14.0. The van der Waals surface area contributed by atoms with Gasteiger partial charge >= 0.3 is 5.97 Å². The Morgan fingerprint density at radius 2 is 2.26 bits per heavy atom. The molecule has 0 atom stereocenters. The zero-order valence-electron chi connectivity index (χ0n) is 10.8. The molecule has 2 aromatic rings. The second-order valence-corrected chi connectivity index (χ2v) is 7.05. The molecular formula is C11H14N4O2S2. The highest BCUT2D eigenvalue weighted by molar-refractivity contribution is 7.99. The molecule has 0 saturated heterocycles. The second kappa shape index (κ2) is 5.30. The van der Waals surface area contributed by atoms with Crippen LogP contribution in [0.15, 0.2) is 16.0 Å². The molecule has 6 nitrogen and oxygen atoms in total. The fourth-order valence-electron chi connectivity index (χ4n) is 1.28. The summed E-state index contributed by atoms with van der Waals surface area (Å²) in [7, 11) is 0. The van der Waals surface area contributed by atoms with Crippen LogP contribution >= 0.6 is 23.3 Å². The lowest BCUT2D eigenvalue weighted by Gasteiger charge is -2.12. The van der Waals surface area contributed by atoms with Gasteiger partial charge in [-0.2, -0.15) is 4.09 Å². The van der Waals surface area contributed by atoms with E-state index in [1.54, 1.807) is 15.8 Å². The van der Waals surface area contributed by atoms with E-state index in [2.05, 4.69) is 15.1 Å². The molecule has 0 radical (unpaired) electrons. The van der Waals surface area contributed by atoms with Gasteiger partial charge in [0.2, 0.25) is 0 Å². The van der Waals surface area contributed by atoms with E-state index >= 15 is 0 Å². The van der Waals surface area contributed by atoms with Crippen LogP contribution in [0.25, 0.3) is 0 Å². The Kier molecular flexibility index (Phi) is 3.91. The third-order valence-corrected chi connectivity index (χ3v) is 3.98. The summed E-state index contributed by atoms with van der Waals surface area (Å²) < 4.78 is 2.39. The maximum Gasteiger partial charge on any atom is 0.309 e. The van der Waals surface area contributed by atoms with Crippen LogP contribution in [-0.4, -0.2) is 30.2 Å². The normalized spacial score (nSPS) is 11.7. The van der Waals surface area contributed by atoms with Gasteiger partial charge in [-0.25, -0.2) is 9.97 Å². The van der Waals surface area contributed by atoms with Gasteiger partial charge in [0.1, 0.15) is 6.33 Å². The second-order valence-electron chi connectivity index (χ2n) is 4.99. The molecule has 0 aliphatic carbocycles. The molecule has 102 valence electrons. The number of rotatable bonds is 4. The Labute approximate surface area is 119 Å². The Balaban J connectivity index is 2.07. The first-order chi connectivity index (χ1) is 8.84. The standard InChI is InChI=1S/C11H14N4O2S2/c1-11(2,3)9-12-6-15(14-9)19-10-13-7(5-18-10)4-8(16)17/h5-6H,4H2,1-3H3,(H,16,17). The van der Waals surface area contributed by atoms with Crippen molar-refractivity contribution in [3.63, 3.8) is 0 Å². The summed E-state index contributed by atoms with van der Waals surface area (Å²) in [6.07, 6.45) is 1.59. The highest BCUT2D eigenvalue weighted by atomic mass is 32.2. The van der Waals surface area contributed by atoms with Crippen molar-refractivity contribution < 1.29 is 9.90 Å². The molecule has 0 aliphatic heterocycles. The van der Waals surface area contributed by atoms with Crippen molar-refractivity contribution in [3.8, 4) is 0 Å². The maximum atomic E-state index is 10.6. The van der Waals surface area contributed by atoms with Crippen molar-refractivity contribution in [2.24, 2.45) is 0 Å². The topological polar surface area (TPSA) is 80.9 Å². The SMILES string of the molecule is CC(C)(C)c1ncn(Sc2nc(CC(=O)O)cs2)n1. The largest absolute Gasteiger partial charge is 0.481 e. The van der Waals surface area contributed by atoms with E-state index in [1.165, 1.54) is 23.3 Å². The Morgan fingerprint density at radius 3 is 2.84 bits per heavy atom. The number of carboxylic acids is 1. The van der Waals surface area contributed by atoms with Gasteiger partial charge in [0, 0.05) is 22.7 Å². The van der Waals surface area contributed by atoms with E-state index in [1.807, 2.05) is 20.8 Å². The van der Waals surface area contributed by atoms with Gasteiger partial charge in [0.05, 0.1) is 12.1 Å². The fraction of sp³-hybridized carbons (Fsp3) is 0.455. The molecule has 2 rings (SSSR count). The van der Waals surface area contributed by atoms with Crippen molar-refractivity contribution in [3.05, 3.63) is 23.2 Å². The molecule has 8 heteroatoms. The first-order valence-electron chi connectivity index (χ1n) is 5.61. The van der Waals surface area contributed by atoms with Gasteiger partial charge in [0.15, 0.2) is 10.2 Å². The van der Waals surface area contributed by atoms with E-state index in [0.29, 0.717) is 5.69 Å². The summed E-state index contributed by atoms with van der Waals surface area (Å²) >= 11 is 2.73. The van der Waals surface area contributed by atoms with Crippen LogP contribution < -0.4 is 0 Å². The summed E-state index contributed by atoms with van der Waals surface area (Å²) in [5, 5.41) is 14.8. The molecule has 0 aromatic carbocycles. The quantitative estimate of drug-likeness (QED) is 0.932.